The van der Waals surface area contributed by atoms with E-state index in [1.165, 1.54) is 25.6 Å². The molecule has 0 amide bonds. The maximum Gasteiger partial charge on any atom is 0.360 e. The third kappa shape index (κ3) is 2.56. The third-order valence-corrected chi connectivity index (χ3v) is 4.78. The lowest BCUT2D eigenvalue weighted by Crippen LogP contribution is -2.17. The molecule has 2 rings (SSSR count). The monoisotopic (exact) mass is 328 g/mol. The summed E-state index contributed by atoms with van der Waals surface area (Å²) < 4.78 is 38.3. The third-order valence-electron chi connectivity index (χ3n) is 3.19. The molecule has 0 bridgehead atoms. The predicted octanol–water partition coefficient (Wildman–Crippen LogP) is 0.921. The molecule has 2 aromatic heterocycles. The van der Waals surface area contributed by atoms with Gasteiger partial charge in [-0.25, -0.2) is 13.2 Å². The van der Waals surface area contributed by atoms with E-state index in [4.69, 9.17) is 4.52 Å². The van der Waals surface area contributed by atoms with Crippen LogP contribution in [0.2, 0.25) is 0 Å². The lowest BCUT2D eigenvalue weighted by molar-refractivity contribution is 0.0594. The summed E-state index contributed by atoms with van der Waals surface area (Å²) >= 11 is 0. The highest BCUT2D eigenvalue weighted by Gasteiger charge is 2.29. The van der Waals surface area contributed by atoms with Crippen LogP contribution < -0.4 is 4.72 Å². The van der Waals surface area contributed by atoms with E-state index >= 15 is 0 Å². The zero-order chi connectivity index (χ0) is 16.7. The normalized spacial score (nSPS) is 11.5. The number of anilines is 1. The van der Waals surface area contributed by atoms with Crippen molar-refractivity contribution in [2.45, 2.75) is 25.7 Å². The number of hydrogen-bond donors (Lipinski definition) is 1. The van der Waals surface area contributed by atoms with Crippen LogP contribution >= 0.6 is 0 Å². The van der Waals surface area contributed by atoms with Gasteiger partial charge in [0.05, 0.1) is 12.8 Å². The molecule has 0 unspecified atom stereocenters. The van der Waals surface area contributed by atoms with Crippen molar-refractivity contribution in [3.8, 4) is 0 Å². The quantitative estimate of drug-likeness (QED) is 0.829. The van der Waals surface area contributed by atoms with Gasteiger partial charge in [-0.15, -0.1) is 0 Å². The van der Waals surface area contributed by atoms with Crippen molar-refractivity contribution in [1.82, 2.24) is 14.9 Å². The predicted molar refractivity (Wildman–Crippen MR) is 76.1 cm³/mol. The molecule has 22 heavy (non-hydrogen) atoms. The number of carbonyl (C=O) groups excluding carboxylic acids is 1. The summed E-state index contributed by atoms with van der Waals surface area (Å²) in [5.74, 6) is -0.577. The van der Waals surface area contributed by atoms with Crippen molar-refractivity contribution in [3.63, 3.8) is 0 Å². The first kappa shape index (κ1) is 16.0. The highest BCUT2D eigenvalue weighted by Crippen LogP contribution is 2.26. The van der Waals surface area contributed by atoms with Crippen LogP contribution in [-0.2, 0) is 21.8 Å². The number of aromatic nitrogens is 3. The van der Waals surface area contributed by atoms with E-state index in [0.717, 1.165) is 0 Å². The molecular weight excluding hydrogens is 312 g/mol. The van der Waals surface area contributed by atoms with Gasteiger partial charge in [-0.1, -0.05) is 5.16 Å². The van der Waals surface area contributed by atoms with E-state index in [0.29, 0.717) is 5.69 Å². The van der Waals surface area contributed by atoms with Gasteiger partial charge in [0.15, 0.2) is 16.3 Å². The summed E-state index contributed by atoms with van der Waals surface area (Å²) in [4.78, 5) is 11.7. The summed E-state index contributed by atoms with van der Waals surface area (Å²) in [5, 5.41) is 7.59. The van der Waals surface area contributed by atoms with E-state index in [1.54, 1.807) is 14.0 Å². The molecule has 2 aromatic rings. The van der Waals surface area contributed by atoms with Crippen LogP contribution in [0, 0.1) is 20.8 Å². The van der Waals surface area contributed by atoms with E-state index in [-0.39, 0.29) is 27.7 Å². The summed E-state index contributed by atoms with van der Waals surface area (Å²) in [6.45, 7) is 4.64. The maximum atomic E-state index is 12.5. The Morgan fingerprint density at radius 1 is 1.32 bits per heavy atom. The number of hydrogen-bond acceptors (Lipinski definition) is 7. The SMILES string of the molecule is COC(=O)c1nn(C)c(C)c1NS(=O)(=O)c1c(C)noc1C. The molecule has 1 N–H and O–H groups in total. The largest absolute Gasteiger partial charge is 0.464 e. The van der Waals surface area contributed by atoms with Gasteiger partial charge >= 0.3 is 5.97 Å². The fraction of sp³-hybridized carbons (Fsp3) is 0.417. The topological polar surface area (TPSA) is 116 Å². The van der Waals surface area contributed by atoms with Gasteiger partial charge in [0, 0.05) is 7.05 Å². The van der Waals surface area contributed by atoms with Crippen LogP contribution in [0.3, 0.4) is 0 Å². The Balaban J connectivity index is 2.53. The molecule has 0 aliphatic heterocycles. The molecule has 0 saturated heterocycles. The van der Waals surface area contributed by atoms with E-state index < -0.39 is 16.0 Å². The van der Waals surface area contributed by atoms with Gasteiger partial charge < -0.3 is 9.26 Å². The molecule has 10 heteroatoms. The van der Waals surface area contributed by atoms with Crippen molar-refractivity contribution < 1.29 is 22.5 Å². The van der Waals surface area contributed by atoms with Crippen LogP contribution in [0.5, 0.6) is 0 Å². The summed E-state index contributed by atoms with van der Waals surface area (Å²) in [7, 11) is -1.19. The second-order valence-corrected chi connectivity index (χ2v) is 6.30. The summed E-state index contributed by atoms with van der Waals surface area (Å²) in [5.41, 5.74) is 0.647. The van der Waals surface area contributed by atoms with Gasteiger partial charge in [0.2, 0.25) is 0 Å². The van der Waals surface area contributed by atoms with Crippen LogP contribution in [-0.4, -0.2) is 36.4 Å². The molecule has 120 valence electrons. The number of esters is 1. The average molecular weight is 328 g/mol. The first-order valence-corrected chi connectivity index (χ1v) is 7.75. The fourth-order valence-corrected chi connectivity index (χ4v) is 3.47. The minimum atomic E-state index is -3.97. The number of rotatable bonds is 4. The second kappa shape index (κ2) is 5.44. The zero-order valence-corrected chi connectivity index (χ0v) is 13.6. The van der Waals surface area contributed by atoms with Gasteiger partial charge in [-0.2, -0.15) is 5.10 Å². The molecule has 0 fully saturated rings. The molecule has 0 atom stereocenters. The molecule has 0 radical (unpaired) electrons. The van der Waals surface area contributed by atoms with Crippen LogP contribution in [0.15, 0.2) is 9.42 Å². The molecule has 2 heterocycles. The van der Waals surface area contributed by atoms with Crippen molar-refractivity contribution in [2.75, 3.05) is 11.8 Å². The highest BCUT2D eigenvalue weighted by molar-refractivity contribution is 7.92. The number of methoxy groups -OCH3 is 1. The number of ether oxygens (including phenoxy) is 1. The number of aryl methyl sites for hydroxylation is 3. The molecular formula is C12H16N4O5S. The summed E-state index contributed by atoms with van der Waals surface area (Å²) in [6, 6.07) is 0. The van der Waals surface area contributed by atoms with Crippen molar-refractivity contribution in [1.29, 1.82) is 0 Å². The number of sulfonamides is 1. The lowest BCUT2D eigenvalue weighted by Gasteiger charge is -2.08. The Kier molecular flexibility index (Phi) is 3.96. The van der Waals surface area contributed by atoms with Crippen molar-refractivity contribution in [2.24, 2.45) is 7.05 Å². The van der Waals surface area contributed by atoms with Crippen LogP contribution in [0.25, 0.3) is 0 Å². The van der Waals surface area contributed by atoms with Crippen LogP contribution in [0.4, 0.5) is 5.69 Å². The smallest absolute Gasteiger partial charge is 0.360 e. The Bertz CT molecular complexity index is 815. The van der Waals surface area contributed by atoms with Crippen molar-refractivity contribution >= 4 is 21.7 Å². The second-order valence-electron chi connectivity index (χ2n) is 4.68. The first-order valence-electron chi connectivity index (χ1n) is 6.26. The minimum Gasteiger partial charge on any atom is -0.464 e. The molecule has 0 spiro atoms. The van der Waals surface area contributed by atoms with Gasteiger partial charge in [-0.05, 0) is 20.8 Å². The molecule has 0 aliphatic rings. The Morgan fingerprint density at radius 2 is 1.95 bits per heavy atom. The molecule has 0 aromatic carbocycles. The van der Waals surface area contributed by atoms with Gasteiger partial charge in [0.25, 0.3) is 10.0 Å². The Morgan fingerprint density at radius 3 is 2.45 bits per heavy atom. The number of nitrogens with zero attached hydrogens (tertiary/aromatic N) is 3. The molecule has 0 saturated carbocycles. The number of nitrogens with one attached hydrogen (secondary N) is 1. The summed E-state index contributed by atoms with van der Waals surface area (Å²) in [6.07, 6.45) is 0. The van der Waals surface area contributed by atoms with Crippen LogP contribution in [0.1, 0.15) is 27.6 Å². The standard InChI is InChI=1S/C12H16N4O5S/c1-6-11(8(3)21-14-6)22(18,19)15-9-7(2)16(4)13-10(9)12(17)20-5/h15H,1-5H3. The van der Waals surface area contributed by atoms with E-state index in [2.05, 4.69) is 19.7 Å². The Hall–Kier alpha value is -2.36. The highest BCUT2D eigenvalue weighted by atomic mass is 32.2. The van der Waals surface area contributed by atoms with E-state index in [9.17, 15) is 13.2 Å². The maximum absolute atomic E-state index is 12.5. The van der Waals surface area contributed by atoms with Gasteiger partial charge in [0.1, 0.15) is 11.4 Å². The fourth-order valence-electron chi connectivity index (χ4n) is 2.01. The molecule has 9 nitrogen and oxygen atoms in total. The first-order chi connectivity index (χ1) is 10.2. The van der Waals surface area contributed by atoms with E-state index in [1.807, 2.05) is 0 Å². The Labute approximate surface area is 127 Å². The molecule has 0 aliphatic carbocycles. The van der Waals surface area contributed by atoms with Crippen molar-refractivity contribution in [3.05, 3.63) is 22.8 Å². The number of carbonyl (C=O) groups is 1. The zero-order valence-electron chi connectivity index (χ0n) is 12.8. The minimum absolute atomic E-state index is 0.0634. The van der Waals surface area contributed by atoms with Gasteiger partial charge in [-0.3, -0.25) is 9.40 Å². The lowest BCUT2D eigenvalue weighted by atomic mass is 10.3. The average Bonchev–Trinajstić information content (AvgIpc) is 2.92.